The van der Waals surface area contributed by atoms with E-state index in [0.29, 0.717) is 24.2 Å². The predicted molar refractivity (Wildman–Crippen MR) is 115 cm³/mol. The number of ketones is 1. The fourth-order valence-corrected chi connectivity index (χ4v) is 3.35. The number of hydrogen-bond donors (Lipinski definition) is 2. The predicted octanol–water partition coefficient (Wildman–Crippen LogP) is 5.58. The van der Waals surface area contributed by atoms with Crippen LogP contribution < -0.4 is 11.1 Å². The van der Waals surface area contributed by atoms with Crippen LogP contribution in [0.3, 0.4) is 0 Å². The Morgan fingerprint density at radius 1 is 0.750 bits per heavy atom. The van der Waals surface area contributed by atoms with Crippen LogP contribution in [0.25, 0.3) is 10.8 Å². The number of benzene rings is 3. The van der Waals surface area contributed by atoms with Gasteiger partial charge in [-0.15, -0.1) is 0 Å². The summed E-state index contributed by atoms with van der Waals surface area (Å²) in [6, 6.07) is 21.1. The Balaban J connectivity index is 1.37. The number of amides is 1. The van der Waals surface area contributed by atoms with Crippen molar-refractivity contribution in [2.75, 3.05) is 11.1 Å². The quantitative estimate of drug-likeness (QED) is 0.291. The molecular weight excluding hydrogens is 348 g/mol. The van der Waals surface area contributed by atoms with Gasteiger partial charge in [-0.1, -0.05) is 67.4 Å². The topological polar surface area (TPSA) is 72.2 Å². The summed E-state index contributed by atoms with van der Waals surface area (Å²) in [5, 5.41) is 4.96. The van der Waals surface area contributed by atoms with Crippen LogP contribution in [0, 0.1) is 0 Å². The molecule has 0 fully saturated rings. The van der Waals surface area contributed by atoms with Gasteiger partial charge in [0.15, 0.2) is 5.78 Å². The van der Waals surface area contributed by atoms with Gasteiger partial charge in [0.25, 0.3) is 0 Å². The Morgan fingerprint density at radius 3 is 2.25 bits per heavy atom. The zero-order chi connectivity index (χ0) is 19.8. The van der Waals surface area contributed by atoms with Gasteiger partial charge >= 0.3 is 0 Å². The van der Waals surface area contributed by atoms with E-state index in [4.69, 9.17) is 5.73 Å². The first kappa shape index (κ1) is 19.6. The van der Waals surface area contributed by atoms with Crippen LogP contribution in [0.4, 0.5) is 11.4 Å². The van der Waals surface area contributed by atoms with Crippen LogP contribution in [-0.2, 0) is 4.79 Å². The third-order valence-electron chi connectivity index (χ3n) is 4.88. The summed E-state index contributed by atoms with van der Waals surface area (Å²) < 4.78 is 0. The normalized spacial score (nSPS) is 10.7. The highest BCUT2D eigenvalue weighted by atomic mass is 16.1. The number of fused-ring (bicyclic) bond motifs is 1. The lowest BCUT2D eigenvalue weighted by molar-refractivity contribution is -0.116. The van der Waals surface area contributed by atoms with Crippen LogP contribution in [0.1, 0.15) is 48.9 Å². The van der Waals surface area contributed by atoms with Crippen molar-refractivity contribution in [2.45, 2.75) is 38.5 Å². The number of Topliss-reactive ketones (excluding diaryl/α,β-unsaturated/α-hetero) is 1. The summed E-state index contributed by atoms with van der Waals surface area (Å²) in [4.78, 5) is 24.6. The van der Waals surface area contributed by atoms with Gasteiger partial charge in [-0.3, -0.25) is 9.59 Å². The summed E-state index contributed by atoms with van der Waals surface area (Å²) >= 11 is 0. The lowest BCUT2D eigenvalue weighted by atomic mass is 9.98. The molecule has 0 aliphatic heterocycles. The van der Waals surface area contributed by atoms with Crippen LogP contribution in [-0.4, -0.2) is 11.7 Å². The molecule has 0 aromatic heterocycles. The van der Waals surface area contributed by atoms with Crippen LogP contribution in [0.15, 0.2) is 66.7 Å². The van der Waals surface area contributed by atoms with E-state index in [-0.39, 0.29) is 11.7 Å². The first-order valence-electron chi connectivity index (χ1n) is 9.80. The average molecular weight is 374 g/mol. The number of para-hydroxylation sites is 2. The van der Waals surface area contributed by atoms with Gasteiger partial charge < -0.3 is 11.1 Å². The minimum Gasteiger partial charge on any atom is -0.397 e. The molecule has 0 saturated heterocycles. The maximum atomic E-state index is 12.6. The monoisotopic (exact) mass is 374 g/mol. The highest BCUT2D eigenvalue weighted by molar-refractivity contribution is 6.08. The van der Waals surface area contributed by atoms with Crippen molar-refractivity contribution in [1.29, 1.82) is 0 Å². The van der Waals surface area contributed by atoms with Gasteiger partial charge in [-0.25, -0.2) is 0 Å². The maximum Gasteiger partial charge on any atom is 0.224 e. The van der Waals surface area contributed by atoms with Crippen molar-refractivity contribution in [1.82, 2.24) is 0 Å². The number of anilines is 2. The second-order valence-electron chi connectivity index (χ2n) is 7.00. The molecule has 3 rings (SSSR count). The fraction of sp³-hybridized carbons (Fsp3) is 0.250. The molecule has 0 saturated carbocycles. The van der Waals surface area contributed by atoms with Crippen molar-refractivity contribution >= 4 is 33.8 Å². The Hall–Kier alpha value is -3.14. The highest BCUT2D eigenvalue weighted by Crippen LogP contribution is 2.21. The first-order valence-corrected chi connectivity index (χ1v) is 9.80. The van der Waals surface area contributed by atoms with E-state index >= 15 is 0 Å². The number of carbonyl (C=O) groups is 2. The maximum absolute atomic E-state index is 12.6. The minimum atomic E-state index is -0.0234. The SMILES string of the molecule is Nc1ccccc1NC(=O)CCCCCCC(=O)c1cccc2ccccc12. The molecular formula is C24H26N2O2. The molecule has 4 nitrogen and oxygen atoms in total. The molecule has 0 aliphatic carbocycles. The minimum absolute atomic E-state index is 0.0234. The molecule has 3 aromatic rings. The van der Waals surface area contributed by atoms with Crippen molar-refractivity contribution in [2.24, 2.45) is 0 Å². The molecule has 0 heterocycles. The zero-order valence-corrected chi connectivity index (χ0v) is 16.0. The molecule has 0 radical (unpaired) electrons. The van der Waals surface area contributed by atoms with Gasteiger partial charge in [-0.2, -0.15) is 0 Å². The van der Waals surface area contributed by atoms with E-state index < -0.39 is 0 Å². The summed E-state index contributed by atoms with van der Waals surface area (Å²) in [6.07, 6.45) is 4.53. The summed E-state index contributed by atoms with van der Waals surface area (Å²) in [7, 11) is 0. The second-order valence-corrected chi connectivity index (χ2v) is 7.00. The molecule has 0 unspecified atom stereocenters. The Labute approximate surface area is 165 Å². The molecule has 28 heavy (non-hydrogen) atoms. The Kier molecular flexibility index (Phi) is 6.79. The van der Waals surface area contributed by atoms with E-state index in [2.05, 4.69) is 5.32 Å². The number of carbonyl (C=O) groups excluding carboxylic acids is 2. The van der Waals surface area contributed by atoms with Crippen LogP contribution in [0.2, 0.25) is 0 Å². The molecule has 1 amide bonds. The summed E-state index contributed by atoms with van der Waals surface area (Å²) in [6.45, 7) is 0. The summed E-state index contributed by atoms with van der Waals surface area (Å²) in [5.74, 6) is 0.166. The third-order valence-corrected chi connectivity index (χ3v) is 4.88. The smallest absolute Gasteiger partial charge is 0.224 e. The molecule has 0 aliphatic rings. The Bertz CT molecular complexity index is 960. The molecule has 4 heteroatoms. The van der Waals surface area contributed by atoms with Crippen LogP contribution in [0.5, 0.6) is 0 Å². The van der Waals surface area contributed by atoms with Crippen LogP contribution >= 0.6 is 0 Å². The number of nitrogen functional groups attached to an aromatic ring is 1. The third kappa shape index (κ3) is 5.19. The molecule has 144 valence electrons. The lowest BCUT2D eigenvalue weighted by Gasteiger charge is -2.08. The average Bonchev–Trinajstić information content (AvgIpc) is 2.71. The second kappa shape index (κ2) is 9.70. The van der Waals surface area contributed by atoms with Gasteiger partial charge in [0, 0.05) is 18.4 Å². The van der Waals surface area contributed by atoms with Crippen molar-refractivity contribution in [3.63, 3.8) is 0 Å². The Morgan fingerprint density at radius 2 is 1.43 bits per heavy atom. The van der Waals surface area contributed by atoms with Crippen molar-refractivity contribution in [3.05, 3.63) is 72.3 Å². The number of nitrogens with two attached hydrogens (primary N) is 1. The zero-order valence-electron chi connectivity index (χ0n) is 16.0. The van der Waals surface area contributed by atoms with Crippen molar-refractivity contribution in [3.8, 4) is 0 Å². The standard InChI is InChI=1S/C24H26N2O2/c25-21-14-7-8-15-22(21)26-24(28)17-4-2-1-3-16-23(27)20-13-9-11-18-10-5-6-12-19(18)20/h5-15H,1-4,16-17,25H2,(H,26,28). The number of hydrogen-bond acceptors (Lipinski definition) is 3. The van der Waals surface area contributed by atoms with E-state index in [0.717, 1.165) is 42.0 Å². The van der Waals surface area contributed by atoms with E-state index in [1.165, 1.54) is 0 Å². The number of unbranched alkanes of at least 4 members (excludes halogenated alkanes) is 3. The van der Waals surface area contributed by atoms with E-state index in [1.807, 2.05) is 54.6 Å². The molecule has 3 N–H and O–H groups in total. The molecule has 0 bridgehead atoms. The largest absolute Gasteiger partial charge is 0.397 e. The molecule has 0 spiro atoms. The molecule has 0 atom stereocenters. The van der Waals surface area contributed by atoms with E-state index in [1.54, 1.807) is 12.1 Å². The number of nitrogens with one attached hydrogen (secondary N) is 1. The lowest BCUT2D eigenvalue weighted by Crippen LogP contribution is -2.12. The first-order chi connectivity index (χ1) is 13.6. The van der Waals surface area contributed by atoms with Gasteiger partial charge in [-0.05, 0) is 35.7 Å². The molecule has 3 aromatic carbocycles. The fourth-order valence-electron chi connectivity index (χ4n) is 3.35. The summed E-state index contributed by atoms with van der Waals surface area (Å²) in [5.41, 5.74) is 7.86. The number of rotatable bonds is 9. The van der Waals surface area contributed by atoms with Gasteiger partial charge in [0.05, 0.1) is 11.4 Å². The van der Waals surface area contributed by atoms with E-state index in [9.17, 15) is 9.59 Å². The van der Waals surface area contributed by atoms with Gasteiger partial charge in [0.1, 0.15) is 0 Å². The highest BCUT2D eigenvalue weighted by Gasteiger charge is 2.09. The van der Waals surface area contributed by atoms with Crippen molar-refractivity contribution < 1.29 is 9.59 Å². The van der Waals surface area contributed by atoms with Gasteiger partial charge in [0.2, 0.25) is 5.91 Å².